The third-order valence-corrected chi connectivity index (χ3v) is 8.77. The number of aryl methyl sites for hydroxylation is 2. The van der Waals surface area contributed by atoms with E-state index in [2.05, 4.69) is 20.0 Å². The number of fused-ring (bicyclic) bond motifs is 3. The van der Waals surface area contributed by atoms with Crippen LogP contribution in [0.15, 0.2) is 53.9 Å². The summed E-state index contributed by atoms with van der Waals surface area (Å²) in [5.74, 6) is 0.681. The molecule has 5 heterocycles. The molecule has 35 heavy (non-hydrogen) atoms. The van der Waals surface area contributed by atoms with Crippen molar-refractivity contribution in [2.45, 2.75) is 36.7 Å². The minimum atomic E-state index is -3.96. The Labute approximate surface area is 202 Å². The molecule has 11 heteroatoms. The number of hydrogen-bond donors (Lipinski definition) is 0. The summed E-state index contributed by atoms with van der Waals surface area (Å²) in [6.07, 6.45) is 7.70. The van der Waals surface area contributed by atoms with Gasteiger partial charge < -0.3 is 9.80 Å². The second kappa shape index (κ2) is 7.91. The van der Waals surface area contributed by atoms with Gasteiger partial charge in [0.1, 0.15) is 12.1 Å². The predicted octanol–water partition coefficient (Wildman–Crippen LogP) is 2.19. The average molecular weight is 492 g/mol. The lowest BCUT2D eigenvalue weighted by molar-refractivity contribution is -0.121. The number of benzene rings is 1. The third-order valence-electron chi connectivity index (χ3n) is 7.05. The Morgan fingerprint density at radius 3 is 2.40 bits per heavy atom. The molecule has 2 fully saturated rings. The highest BCUT2D eigenvalue weighted by molar-refractivity contribution is 7.90. The van der Waals surface area contributed by atoms with Crippen molar-refractivity contribution in [1.29, 1.82) is 0 Å². The van der Waals surface area contributed by atoms with Crippen molar-refractivity contribution in [2.75, 3.05) is 18.0 Å². The maximum Gasteiger partial charge on any atom is 0.269 e. The molecule has 2 bridgehead atoms. The van der Waals surface area contributed by atoms with Gasteiger partial charge in [0, 0.05) is 44.0 Å². The number of anilines is 1. The number of piperazine rings is 1. The van der Waals surface area contributed by atoms with E-state index in [1.54, 1.807) is 48.4 Å². The largest absolute Gasteiger partial charge is 0.352 e. The van der Waals surface area contributed by atoms with Gasteiger partial charge >= 0.3 is 0 Å². The van der Waals surface area contributed by atoms with Crippen LogP contribution in [0.5, 0.6) is 0 Å². The number of hydrogen-bond acceptors (Lipinski definition) is 7. The first-order valence-electron chi connectivity index (χ1n) is 11.5. The van der Waals surface area contributed by atoms with Gasteiger partial charge in [0.2, 0.25) is 6.41 Å². The average Bonchev–Trinajstić information content (AvgIpc) is 3.52. The summed E-state index contributed by atoms with van der Waals surface area (Å²) in [6, 6.07) is 8.89. The van der Waals surface area contributed by atoms with Gasteiger partial charge in [0.15, 0.2) is 5.65 Å². The van der Waals surface area contributed by atoms with E-state index in [0.29, 0.717) is 41.2 Å². The molecule has 0 spiro atoms. The van der Waals surface area contributed by atoms with Gasteiger partial charge in [0.25, 0.3) is 10.0 Å². The van der Waals surface area contributed by atoms with Crippen LogP contribution in [0.1, 0.15) is 18.4 Å². The quantitative estimate of drug-likeness (QED) is 0.394. The molecule has 10 nitrogen and oxygen atoms in total. The van der Waals surface area contributed by atoms with Gasteiger partial charge in [-0.3, -0.25) is 9.48 Å². The first-order chi connectivity index (χ1) is 16.9. The molecule has 0 saturated carbocycles. The van der Waals surface area contributed by atoms with E-state index >= 15 is 0 Å². The summed E-state index contributed by atoms with van der Waals surface area (Å²) >= 11 is 0. The van der Waals surface area contributed by atoms with Crippen molar-refractivity contribution in [3.63, 3.8) is 0 Å². The first-order valence-corrected chi connectivity index (χ1v) is 13.0. The van der Waals surface area contributed by atoms with Crippen molar-refractivity contribution in [2.24, 2.45) is 7.05 Å². The molecule has 1 amide bonds. The van der Waals surface area contributed by atoms with Crippen LogP contribution in [0.3, 0.4) is 0 Å². The van der Waals surface area contributed by atoms with Gasteiger partial charge in [-0.1, -0.05) is 17.7 Å². The fourth-order valence-electron chi connectivity index (χ4n) is 5.32. The standard InChI is InChI=1S/C24H25N7O3S/c1-16-3-7-20(8-4-16)35(33,34)31-22(17-10-27-28(2)11-17)9-21-23(25-14-26-24(21)31)29-12-18-5-6-19(13-29)30(18)15-32/h3-4,7-11,14-15,18-19H,5-6,12-13H2,1-2H3. The number of aromatic nitrogens is 5. The van der Waals surface area contributed by atoms with Gasteiger partial charge in [-0.15, -0.1) is 0 Å². The van der Waals surface area contributed by atoms with E-state index in [-0.39, 0.29) is 17.0 Å². The number of nitrogens with zero attached hydrogens (tertiary/aromatic N) is 7. The molecule has 0 aliphatic carbocycles. The minimum absolute atomic E-state index is 0.132. The Hall–Kier alpha value is -3.73. The monoisotopic (exact) mass is 491 g/mol. The predicted molar refractivity (Wildman–Crippen MR) is 130 cm³/mol. The van der Waals surface area contributed by atoms with Gasteiger partial charge in [-0.25, -0.2) is 22.4 Å². The van der Waals surface area contributed by atoms with Gasteiger partial charge in [-0.05, 0) is 38.0 Å². The summed E-state index contributed by atoms with van der Waals surface area (Å²) in [4.78, 5) is 24.8. The normalized spacial score (nSPS) is 20.1. The second-order valence-electron chi connectivity index (χ2n) is 9.29. The van der Waals surface area contributed by atoms with Crippen molar-refractivity contribution >= 4 is 33.3 Å². The molecule has 0 N–H and O–H groups in total. The third kappa shape index (κ3) is 3.41. The topological polar surface area (TPSA) is 106 Å². The molecule has 3 aromatic heterocycles. The number of amides is 1. The van der Waals surface area contributed by atoms with Crippen molar-refractivity contribution in [1.82, 2.24) is 28.6 Å². The Kier molecular flexibility index (Phi) is 4.92. The summed E-state index contributed by atoms with van der Waals surface area (Å²) in [7, 11) is -2.17. The zero-order valence-corrected chi connectivity index (χ0v) is 20.3. The van der Waals surface area contributed by atoms with E-state index in [1.807, 2.05) is 17.9 Å². The van der Waals surface area contributed by atoms with Crippen LogP contribution >= 0.6 is 0 Å². The maximum absolute atomic E-state index is 13.9. The molecule has 2 atom stereocenters. The highest BCUT2D eigenvalue weighted by atomic mass is 32.2. The molecular formula is C24H25N7O3S. The molecular weight excluding hydrogens is 466 g/mol. The fraction of sp³-hybridized carbons (Fsp3) is 0.333. The summed E-state index contributed by atoms with van der Waals surface area (Å²) in [5, 5.41) is 4.91. The molecule has 2 unspecified atom stereocenters. The van der Waals surface area contributed by atoms with Crippen molar-refractivity contribution in [3.05, 3.63) is 54.6 Å². The molecule has 0 radical (unpaired) electrons. The van der Waals surface area contributed by atoms with E-state index in [4.69, 9.17) is 0 Å². The first kappa shape index (κ1) is 21.8. The Morgan fingerprint density at radius 2 is 1.77 bits per heavy atom. The lowest BCUT2D eigenvalue weighted by Gasteiger charge is -2.39. The van der Waals surface area contributed by atoms with Crippen LogP contribution in [-0.2, 0) is 21.9 Å². The summed E-state index contributed by atoms with van der Waals surface area (Å²) in [6.45, 7) is 3.22. The maximum atomic E-state index is 13.9. The van der Waals surface area contributed by atoms with Crippen LogP contribution in [0, 0.1) is 6.92 Å². The van der Waals surface area contributed by atoms with E-state index < -0.39 is 10.0 Å². The fourth-order valence-corrected chi connectivity index (χ4v) is 6.80. The molecule has 2 saturated heterocycles. The second-order valence-corrected chi connectivity index (χ2v) is 11.1. The van der Waals surface area contributed by atoms with Crippen molar-refractivity contribution < 1.29 is 13.2 Å². The van der Waals surface area contributed by atoms with Crippen LogP contribution in [0.25, 0.3) is 22.3 Å². The zero-order chi connectivity index (χ0) is 24.3. The van der Waals surface area contributed by atoms with E-state index in [0.717, 1.165) is 24.8 Å². The van der Waals surface area contributed by atoms with Crippen LogP contribution in [-0.4, -0.2) is 68.6 Å². The van der Waals surface area contributed by atoms with Crippen molar-refractivity contribution in [3.8, 4) is 11.3 Å². The Balaban J connectivity index is 1.55. The lowest BCUT2D eigenvalue weighted by atomic mass is 10.2. The SMILES string of the molecule is Cc1ccc(S(=O)(=O)n2c(-c3cnn(C)c3)cc3c(N4CC5CCC(C4)N5C=O)ncnc32)cc1. The Morgan fingerprint density at radius 1 is 1.06 bits per heavy atom. The van der Waals surface area contributed by atoms with Gasteiger partial charge in [-0.2, -0.15) is 5.10 Å². The zero-order valence-electron chi connectivity index (χ0n) is 19.4. The molecule has 2 aliphatic rings. The van der Waals surface area contributed by atoms with Crippen LogP contribution in [0.2, 0.25) is 0 Å². The summed E-state index contributed by atoms with van der Waals surface area (Å²) in [5.41, 5.74) is 2.44. The van der Waals surface area contributed by atoms with E-state index in [9.17, 15) is 13.2 Å². The van der Waals surface area contributed by atoms with Crippen LogP contribution < -0.4 is 4.90 Å². The smallest absolute Gasteiger partial charge is 0.269 e. The van der Waals surface area contributed by atoms with E-state index in [1.165, 1.54) is 10.3 Å². The Bertz CT molecular complexity index is 1530. The number of carbonyl (C=O) groups excluding carboxylic acids is 1. The van der Waals surface area contributed by atoms with Crippen LogP contribution in [0.4, 0.5) is 5.82 Å². The number of rotatable bonds is 5. The minimum Gasteiger partial charge on any atom is -0.352 e. The van der Waals surface area contributed by atoms with Gasteiger partial charge in [0.05, 0.1) is 22.2 Å². The molecule has 2 aliphatic heterocycles. The number of carbonyl (C=O) groups is 1. The molecule has 1 aromatic carbocycles. The molecule has 4 aromatic rings. The lowest BCUT2D eigenvalue weighted by Crippen LogP contribution is -2.53. The summed E-state index contributed by atoms with van der Waals surface area (Å²) < 4.78 is 30.8. The molecule has 180 valence electrons. The highest BCUT2D eigenvalue weighted by Crippen LogP contribution is 2.37. The highest BCUT2D eigenvalue weighted by Gasteiger charge is 2.40. The molecule has 6 rings (SSSR count).